The predicted molar refractivity (Wildman–Crippen MR) is 76.4 cm³/mol. The number of nitrogens with one attached hydrogen (secondary N) is 2. The summed E-state index contributed by atoms with van der Waals surface area (Å²) in [6.07, 6.45) is -1.64. The molecule has 19 heavy (non-hydrogen) atoms. The molecule has 1 aromatic carbocycles. The van der Waals surface area contributed by atoms with E-state index in [1.165, 1.54) is 0 Å². The van der Waals surface area contributed by atoms with Crippen molar-refractivity contribution in [2.75, 3.05) is 44.7 Å². The Labute approximate surface area is 114 Å². The van der Waals surface area contributed by atoms with Gasteiger partial charge in [-0.25, -0.2) is 0 Å². The van der Waals surface area contributed by atoms with Gasteiger partial charge >= 0.3 is 0 Å². The van der Waals surface area contributed by atoms with Crippen LogP contribution in [0, 0.1) is 0 Å². The van der Waals surface area contributed by atoms with Crippen molar-refractivity contribution < 1.29 is 10.2 Å². The zero-order chi connectivity index (χ0) is 13.7. The first-order valence-corrected chi connectivity index (χ1v) is 6.78. The highest BCUT2D eigenvalue weighted by molar-refractivity contribution is 5.49. The number of anilines is 1. The van der Waals surface area contributed by atoms with Gasteiger partial charge in [0.15, 0.2) is 0 Å². The molecule has 0 radical (unpaired) electrons. The molecule has 0 bridgehead atoms. The third-order valence-corrected chi connectivity index (χ3v) is 3.47. The molecule has 1 saturated heterocycles. The van der Waals surface area contributed by atoms with Gasteiger partial charge in [0, 0.05) is 38.4 Å². The predicted octanol–water partition coefficient (Wildman–Crippen LogP) is -0.290. The van der Waals surface area contributed by atoms with Crippen LogP contribution in [0.15, 0.2) is 24.3 Å². The molecule has 0 amide bonds. The molecular weight excluding hydrogens is 242 g/mol. The van der Waals surface area contributed by atoms with E-state index in [1.54, 1.807) is 7.05 Å². The van der Waals surface area contributed by atoms with Crippen LogP contribution < -0.4 is 15.5 Å². The van der Waals surface area contributed by atoms with Gasteiger partial charge in [0.2, 0.25) is 0 Å². The Morgan fingerprint density at radius 2 is 2.05 bits per heavy atom. The molecule has 0 saturated carbocycles. The molecule has 2 atom stereocenters. The van der Waals surface area contributed by atoms with Crippen LogP contribution >= 0.6 is 0 Å². The van der Waals surface area contributed by atoms with Gasteiger partial charge in [-0.3, -0.25) is 0 Å². The first-order chi connectivity index (χ1) is 9.22. The summed E-state index contributed by atoms with van der Waals surface area (Å²) in [6.45, 7) is 4.28. The molecule has 1 aliphatic heterocycles. The van der Waals surface area contributed by atoms with E-state index >= 15 is 0 Å². The van der Waals surface area contributed by atoms with Gasteiger partial charge in [-0.2, -0.15) is 0 Å². The fraction of sp³-hybridized carbons (Fsp3) is 0.571. The number of hydrogen-bond acceptors (Lipinski definition) is 5. The van der Waals surface area contributed by atoms with Gasteiger partial charge in [-0.15, -0.1) is 0 Å². The molecular formula is C14H23N3O2. The number of nitrogens with zero attached hydrogens (tertiary/aromatic N) is 1. The smallest absolute Gasteiger partial charge is 0.106 e. The van der Waals surface area contributed by atoms with Gasteiger partial charge in [-0.05, 0) is 24.7 Å². The van der Waals surface area contributed by atoms with Crippen molar-refractivity contribution in [3.63, 3.8) is 0 Å². The van der Waals surface area contributed by atoms with Crippen LogP contribution in [-0.4, -0.2) is 56.1 Å². The minimum absolute atomic E-state index is 0.374. The molecule has 106 valence electrons. The second-order valence-corrected chi connectivity index (χ2v) is 4.90. The average Bonchev–Trinajstić information content (AvgIpc) is 2.48. The number of benzene rings is 1. The maximum Gasteiger partial charge on any atom is 0.106 e. The van der Waals surface area contributed by atoms with Gasteiger partial charge < -0.3 is 25.7 Å². The Kier molecular flexibility index (Phi) is 5.15. The third kappa shape index (κ3) is 3.67. The van der Waals surface area contributed by atoms with Crippen molar-refractivity contribution in [1.82, 2.24) is 10.6 Å². The van der Waals surface area contributed by atoms with Crippen LogP contribution in [0.4, 0.5) is 5.69 Å². The number of hydrogen-bond donors (Lipinski definition) is 4. The van der Waals surface area contributed by atoms with Crippen LogP contribution in [0.5, 0.6) is 0 Å². The summed E-state index contributed by atoms with van der Waals surface area (Å²) in [7, 11) is 1.76. The lowest BCUT2D eigenvalue weighted by Gasteiger charge is -2.30. The first-order valence-electron chi connectivity index (χ1n) is 6.78. The van der Waals surface area contributed by atoms with E-state index < -0.39 is 12.2 Å². The fourth-order valence-corrected chi connectivity index (χ4v) is 2.37. The topological polar surface area (TPSA) is 67.8 Å². The minimum Gasteiger partial charge on any atom is -0.389 e. The second kappa shape index (κ2) is 6.86. The summed E-state index contributed by atoms with van der Waals surface area (Å²) in [5.41, 5.74) is 1.87. The number of likely N-dealkylation sites (N-methyl/N-ethyl adjacent to an activating group) is 1. The summed E-state index contributed by atoms with van der Waals surface area (Å²) < 4.78 is 0. The van der Waals surface area contributed by atoms with Crippen LogP contribution in [0.1, 0.15) is 11.7 Å². The molecule has 4 N–H and O–H groups in total. The maximum atomic E-state index is 10.1. The van der Waals surface area contributed by atoms with Crippen LogP contribution in [-0.2, 0) is 0 Å². The number of aliphatic hydroxyl groups is 2. The average molecular weight is 265 g/mol. The zero-order valence-electron chi connectivity index (χ0n) is 11.3. The van der Waals surface area contributed by atoms with Crippen LogP contribution in [0.3, 0.4) is 0 Å². The molecule has 1 fully saturated rings. The first kappa shape index (κ1) is 14.3. The molecule has 0 spiro atoms. The second-order valence-electron chi connectivity index (χ2n) is 4.90. The summed E-state index contributed by atoms with van der Waals surface area (Å²) in [5.74, 6) is 0. The highest BCUT2D eigenvalue weighted by Crippen LogP contribution is 2.23. The summed E-state index contributed by atoms with van der Waals surface area (Å²) in [6, 6.07) is 7.80. The van der Waals surface area contributed by atoms with Crippen LogP contribution in [0.2, 0.25) is 0 Å². The van der Waals surface area contributed by atoms with E-state index in [0.29, 0.717) is 6.54 Å². The van der Waals surface area contributed by atoms with E-state index in [1.807, 2.05) is 24.3 Å². The Bertz CT molecular complexity index is 394. The van der Waals surface area contributed by atoms with Crippen molar-refractivity contribution in [3.05, 3.63) is 29.8 Å². The third-order valence-electron chi connectivity index (χ3n) is 3.47. The SMILES string of the molecule is CNCC(O)C(O)c1cccc(N2CCNCC2)c1. The number of rotatable bonds is 5. The van der Waals surface area contributed by atoms with Gasteiger partial charge in [0.25, 0.3) is 0 Å². The zero-order valence-corrected chi connectivity index (χ0v) is 11.3. The fourth-order valence-electron chi connectivity index (χ4n) is 2.37. The van der Waals surface area contributed by atoms with Crippen molar-refractivity contribution in [1.29, 1.82) is 0 Å². The molecule has 5 nitrogen and oxygen atoms in total. The Morgan fingerprint density at radius 3 is 2.74 bits per heavy atom. The number of piperazine rings is 1. The minimum atomic E-state index is -0.852. The molecule has 2 unspecified atom stereocenters. The Balaban J connectivity index is 2.09. The quantitative estimate of drug-likeness (QED) is 0.589. The normalized spacial score (nSPS) is 19.2. The van der Waals surface area contributed by atoms with Crippen molar-refractivity contribution in [3.8, 4) is 0 Å². The van der Waals surface area contributed by atoms with E-state index in [2.05, 4.69) is 15.5 Å². The molecule has 0 aromatic heterocycles. The standard InChI is InChI=1S/C14H23N3O2/c1-15-10-13(18)14(19)11-3-2-4-12(9-11)17-7-5-16-6-8-17/h2-4,9,13-16,18-19H,5-8,10H2,1H3. The van der Waals surface area contributed by atoms with Crippen molar-refractivity contribution in [2.24, 2.45) is 0 Å². The van der Waals surface area contributed by atoms with Crippen LogP contribution in [0.25, 0.3) is 0 Å². The van der Waals surface area contributed by atoms with Gasteiger partial charge in [0.05, 0.1) is 6.10 Å². The molecule has 1 aromatic rings. The highest BCUT2D eigenvalue weighted by Gasteiger charge is 2.19. The Hall–Kier alpha value is -1.14. The van der Waals surface area contributed by atoms with Gasteiger partial charge in [0.1, 0.15) is 6.10 Å². The summed E-state index contributed by atoms with van der Waals surface area (Å²) in [5, 5.41) is 26.1. The molecule has 2 rings (SSSR count). The van der Waals surface area contributed by atoms with E-state index in [0.717, 1.165) is 37.4 Å². The lowest BCUT2D eigenvalue weighted by atomic mass is 10.0. The lowest BCUT2D eigenvalue weighted by Crippen LogP contribution is -2.43. The number of aliphatic hydroxyl groups excluding tert-OH is 2. The molecule has 5 heteroatoms. The molecule has 1 aliphatic rings. The summed E-state index contributed by atoms with van der Waals surface area (Å²) in [4.78, 5) is 2.29. The van der Waals surface area contributed by atoms with E-state index in [9.17, 15) is 10.2 Å². The summed E-state index contributed by atoms with van der Waals surface area (Å²) >= 11 is 0. The van der Waals surface area contributed by atoms with Crippen molar-refractivity contribution >= 4 is 5.69 Å². The Morgan fingerprint density at radius 1 is 1.32 bits per heavy atom. The lowest BCUT2D eigenvalue weighted by molar-refractivity contribution is 0.0202. The maximum absolute atomic E-state index is 10.1. The highest BCUT2D eigenvalue weighted by atomic mass is 16.3. The largest absolute Gasteiger partial charge is 0.389 e. The molecule has 1 heterocycles. The van der Waals surface area contributed by atoms with Crippen molar-refractivity contribution in [2.45, 2.75) is 12.2 Å². The van der Waals surface area contributed by atoms with E-state index in [4.69, 9.17) is 0 Å². The van der Waals surface area contributed by atoms with Gasteiger partial charge in [-0.1, -0.05) is 12.1 Å². The monoisotopic (exact) mass is 265 g/mol. The van der Waals surface area contributed by atoms with E-state index in [-0.39, 0.29) is 0 Å². The molecule has 0 aliphatic carbocycles.